The van der Waals surface area contributed by atoms with E-state index in [0.29, 0.717) is 6.54 Å². The van der Waals surface area contributed by atoms with Gasteiger partial charge < -0.3 is 11.1 Å². The molecule has 0 atom stereocenters. The van der Waals surface area contributed by atoms with Gasteiger partial charge in [0.05, 0.1) is 4.92 Å². The van der Waals surface area contributed by atoms with Gasteiger partial charge in [0, 0.05) is 12.1 Å². The lowest BCUT2D eigenvalue weighted by atomic mass is 9.94. The number of para-hydroxylation sites is 1. The summed E-state index contributed by atoms with van der Waals surface area (Å²) in [5, 5.41) is 13.7. The van der Waals surface area contributed by atoms with Gasteiger partial charge in [0.25, 0.3) is 0 Å². The average molecular weight is 255 g/mol. The van der Waals surface area contributed by atoms with Crippen LogP contribution in [0.1, 0.15) is 26.7 Å². The minimum atomic E-state index is -0.847. The maximum absolute atomic E-state index is 13.4. The van der Waals surface area contributed by atoms with Gasteiger partial charge in [-0.25, -0.2) is 0 Å². The summed E-state index contributed by atoms with van der Waals surface area (Å²) in [6, 6.07) is 3.98. The molecule has 18 heavy (non-hydrogen) atoms. The van der Waals surface area contributed by atoms with Crippen LogP contribution < -0.4 is 11.1 Å². The zero-order valence-electron chi connectivity index (χ0n) is 10.6. The Balaban J connectivity index is 2.92. The molecule has 0 aliphatic rings. The Bertz CT molecular complexity index is 433. The lowest BCUT2D eigenvalue weighted by Gasteiger charge is -2.27. The number of rotatable bonds is 6. The molecule has 0 aliphatic heterocycles. The van der Waals surface area contributed by atoms with Crippen LogP contribution in [0.15, 0.2) is 18.2 Å². The van der Waals surface area contributed by atoms with E-state index >= 15 is 0 Å². The van der Waals surface area contributed by atoms with Crippen molar-refractivity contribution in [3.8, 4) is 0 Å². The molecular formula is C12H18FN3O2. The Morgan fingerprint density at radius 2 is 2.06 bits per heavy atom. The maximum Gasteiger partial charge on any atom is 0.327 e. The van der Waals surface area contributed by atoms with E-state index in [0.717, 1.165) is 18.9 Å². The Morgan fingerprint density at radius 1 is 1.44 bits per heavy atom. The van der Waals surface area contributed by atoms with Gasteiger partial charge in [0.1, 0.15) is 5.69 Å². The van der Waals surface area contributed by atoms with Gasteiger partial charge in [0.15, 0.2) is 0 Å². The number of nitro benzene ring substituents is 1. The second kappa shape index (κ2) is 5.77. The SMILES string of the molecule is CCC(N)(CC)CNc1cccc(F)c1[N+](=O)[O-]. The first-order valence-electron chi connectivity index (χ1n) is 5.89. The number of benzene rings is 1. The normalized spacial score (nSPS) is 11.3. The number of nitrogens with two attached hydrogens (primary N) is 1. The van der Waals surface area contributed by atoms with Gasteiger partial charge >= 0.3 is 5.69 Å². The fourth-order valence-corrected chi connectivity index (χ4v) is 1.61. The monoisotopic (exact) mass is 255 g/mol. The summed E-state index contributed by atoms with van der Waals surface area (Å²) < 4.78 is 13.4. The maximum atomic E-state index is 13.4. The summed E-state index contributed by atoms with van der Waals surface area (Å²) in [4.78, 5) is 10.1. The second-order valence-electron chi connectivity index (χ2n) is 4.32. The van der Waals surface area contributed by atoms with E-state index in [9.17, 15) is 14.5 Å². The van der Waals surface area contributed by atoms with Gasteiger partial charge in [-0.05, 0) is 25.0 Å². The highest BCUT2D eigenvalue weighted by Gasteiger charge is 2.24. The zero-order chi connectivity index (χ0) is 13.8. The van der Waals surface area contributed by atoms with Crippen LogP contribution in [0, 0.1) is 15.9 Å². The number of nitrogens with zero attached hydrogens (tertiary/aromatic N) is 1. The number of anilines is 1. The van der Waals surface area contributed by atoms with Crippen LogP contribution in [0.5, 0.6) is 0 Å². The summed E-state index contributed by atoms with van der Waals surface area (Å²) in [5.74, 6) is -0.847. The molecule has 100 valence electrons. The molecule has 0 fully saturated rings. The molecule has 0 saturated heterocycles. The van der Waals surface area contributed by atoms with Crippen LogP contribution in [0.25, 0.3) is 0 Å². The van der Waals surface area contributed by atoms with Crippen molar-refractivity contribution in [1.82, 2.24) is 0 Å². The predicted molar refractivity (Wildman–Crippen MR) is 69.0 cm³/mol. The average Bonchev–Trinajstić information content (AvgIpc) is 2.35. The first-order chi connectivity index (χ1) is 8.43. The van der Waals surface area contributed by atoms with Gasteiger partial charge in [-0.3, -0.25) is 10.1 Å². The van der Waals surface area contributed by atoms with Crippen LogP contribution in [-0.2, 0) is 0 Å². The fourth-order valence-electron chi connectivity index (χ4n) is 1.61. The highest BCUT2D eigenvalue weighted by Crippen LogP contribution is 2.27. The van der Waals surface area contributed by atoms with Crippen LogP contribution >= 0.6 is 0 Å². The van der Waals surface area contributed by atoms with Crippen molar-refractivity contribution in [1.29, 1.82) is 0 Å². The van der Waals surface area contributed by atoms with Gasteiger partial charge in [-0.2, -0.15) is 4.39 Å². The second-order valence-corrected chi connectivity index (χ2v) is 4.32. The first-order valence-corrected chi connectivity index (χ1v) is 5.89. The molecule has 1 aromatic rings. The molecule has 0 saturated carbocycles. The van der Waals surface area contributed by atoms with E-state index in [2.05, 4.69) is 5.32 Å². The molecule has 0 heterocycles. The molecule has 0 amide bonds. The molecule has 0 spiro atoms. The standard InChI is InChI=1S/C12H18FN3O2/c1-3-12(14,4-2)8-15-10-7-5-6-9(13)11(10)16(17)18/h5-7,15H,3-4,8,14H2,1-2H3. The molecule has 0 radical (unpaired) electrons. The van der Waals surface area contributed by atoms with E-state index < -0.39 is 22.0 Å². The molecule has 0 bridgehead atoms. The fraction of sp³-hybridized carbons (Fsp3) is 0.500. The Kier molecular flexibility index (Phi) is 4.61. The Morgan fingerprint density at radius 3 is 2.56 bits per heavy atom. The van der Waals surface area contributed by atoms with Crippen molar-refractivity contribution >= 4 is 11.4 Å². The third-order valence-electron chi connectivity index (χ3n) is 3.21. The van der Waals surface area contributed by atoms with Gasteiger partial charge in [0.2, 0.25) is 5.82 Å². The van der Waals surface area contributed by atoms with Crippen LogP contribution in [0.2, 0.25) is 0 Å². The summed E-state index contributed by atoms with van der Waals surface area (Å²) in [5.41, 5.74) is 5.27. The highest BCUT2D eigenvalue weighted by molar-refractivity contribution is 5.62. The lowest BCUT2D eigenvalue weighted by Crippen LogP contribution is -2.45. The van der Waals surface area contributed by atoms with Gasteiger partial charge in [-0.1, -0.05) is 19.9 Å². The minimum Gasteiger partial charge on any atom is -0.378 e. The zero-order valence-corrected chi connectivity index (χ0v) is 10.6. The number of hydrogen-bond acceptors (Lipinski definition) is 4. The molecule has 0 aliphatic carbocycles. The minimum absolute atomic E-state index is 0.164. The summed E-state index contributed by atoms with van der Waals surface area (Å²) in [7, 11) is 0. The van der Waals surface area contributed by atoms with Crippen molar-refractivity contribution in [3.63, 3.8) is 0 Å². The van der Waals surface area contributed by atoms with E-state index in [-0.39, 0.29) is 5.69 Å². The largest absolute Gasteiger partial charge is 0.378 e. The summed E-state index contributed by atoms with van der Waals surface area (Å²) >= 11 is 0. The summed E-state index contributed by atoms with van der Waals surface area (Å²) in [6.45, 7) is 4.26. The van der Waals surface area contributed by atoms with Crippen molar-refractivity contribution in [2.45, 2.75) is 32.2 Å². The number of nitrogens with one attached hydrogen (secondary N) is 1. The quantitative estimate of drug-likeness (QED) is 0.605. The van der Waals surface area contributed by atoms with E-state index in [4.69, 9.17) is 5.73 Å². The van der Waals surface area contributed by atoms with Crippen LogP contribution in [0.4, 0.5) is 15.8 Å². The number of halogens is 1. The molecule has 0 unspecified atom stereocenters. The van der Waals surface area contributed by atoms with Crippen molar-refractivity contribution in [3.05, 3.63) is 34.1 Å². The molecule has 1 aromatic carbocycles. The predicted octanol–water partition coefficient (Wildman–Crippen LogP) is 2.66. The van der Waals surface area contributed by atoms with Crippen molar-refractivity contribution in [2.24, 2.45) is 5.73 Å². The lowest BCUT2D eigenvalue weighted by molar-refractivity contribution is -0.386. The van der Waals surface area contributed by atoms with Crippen molar-refractivity contribution < 1.29 is 9.31 Å². The molecule has 6 heteroatoms. The van der Waals surface area contributed by atoms with Crippen LogP contribution in [-0.4, -0.2) is 17.0 Å². The summed E-state index contributed by atoms with van der Waals surface area (Å²) in [6.07, 6.45) is 1.47. The third kappa shape index (κ3) is 3.16. The number of nitro groups is 1. The Labute approximate surface area is 105 Å². The first kappa shape index (κ1) is 14.4. The third-order valence-corrected chi connectivity index (χ3v) is 3.21. The van der Waals surface area contributed by atoms with Gasteiger partial charge in [-0.15, -0.1) is 0 Å². The highest BCUT2D eigenvalue weighted by atomic mass is 19.1. The van der Waals surface area contributed by atoms with E-state index in [1.54, 1.807) is 0 Å². The van der Waals surface area contributed by atoms with Crippen LogP contribution in [0.3, 0.4) is 0 Å². The molecule has 5 nitrogen and oxygen atoms in total. The topological polar surface area (TPSA) is 81.2 Å². The molecule has 0 aromatic heterocycles. The van der Waals surface area contributed by atoms with E-state index in [1.807, 2.05) is 13.8 Å². The van der Waals surface area contributed by atoms with E-state index in [1.165, 1.54) is 12.1 Å². The molecular weight excluding hydrogens is 237 g/mol. The Hall–Kier alpha value is -1.69. The molecule has 1 rings (SSSR count). The number of hydrogen-bond donors (Lipinski definition) is 2. The van der Waals surface area contributed by atoms with Crippen molar-refractivity contribution in [2.75, 3.05) is 11.9 Å². The molecule has 3 N–H and O–H groups in total. The smallest absolute Gasteiger partial charge is 0.327 e.